The smallest absolute Gasteiger partial charge is 0.407 e. The summed E-state index contributed by atoms with van der Waals surface area (Å²) in [5.41, 5.74) is 3.66. The maximum atomic E-state index is 11.7. The number of aromatic nitrogens is 2. The van der Waals surface area contributed by atoms with Crippen molar-refractivity contribution in [2.45, 2.75) is 53.7 Å². The fraction of sp³-hybridized carbons (Fsp3) is 0.500. The topological polar surface area (TPSA) is 92.6 Å². The molecule has 0 saturated heterocycles. The van der Waals surface area contributed by atoms with Gasteiger partial charge in [-0.2, -0.15) is 5.10 Å². The maximum Gasteiger partial charge on any atom is 0.407 e. The Balaban J connectivity index is 0.00000480. The first kappa shape index (κ1) is 26.7. The lowest BCUT2D eigenvalue weighted by Gasteiger charge is -2.20. The Morgan fingerprint density at radius 1 is 1.13 bits per heavy atom. The molecule has 1 aromatic heterocycles. The molecule has 2 aromatic rings. The number of rotatable bonds is 7. The summed E-state index contributed by atoms with van der Waals surface area (Å²) in [6, 6.07) is 10.2. The lowest BCUT2D eigenvalue weighted by Crippen LogP contribution is -2.42. The van der Waals surface area contributed by atoms with Crippen LogP contribution in [0.15, 0.2) is 35.3 Å². The molecule has 0 radical (unpaired) electrons. The predicted octanol–water partition coefficient (Wildman–Crippen LogP) is 3.69. The van der Waals surface area contributed by atoms with E-state index in [9.17, 15) is 4.79 Å². The molecule has 31 heavy (non-hydrogen) atoms. The van der Waals surface area contributed by atoms with Gasteiger partial charge in [0.2, 0.25) is 0 Å². The number of nitrogens with one attached hydrogen (secondary N) is 3. The summed E-state index contributed by atoms with van der Waals surface area (Å²) >= 11 is 0. The van der Waals surface area contributed by atoms with Gasteiger partial charge in [-0.05, 0) is 59.2 Å². The quantitative estimate of drug-likeness (QED) is 0.215. The first-order valence-corrected chi connectivity index (χ1v) is 10.3. The SMILES string of the molecule is CCNC(=NCc1ccccc1-n1nc(C)cc1C)NCCNC(=O)OC(C)(C)C.I. The van der Waals surface area contributed by atoms with E-state index in [0.29, 0.717) is 25.6 Å². The van der Waals surface area contributed by atoms with Crippen LogP contribution in [0.25, 0.3) is 5.69 Å². The molecule has 172 valence electrons. The van der Waals surface area contributed by atoms with Crippen molar-refractivity contribution in [1.29, 1.82) is 0 Å². The third kappa shape index (κ3) is 9.16. The highest BCUT2D eigenvalue weighted by Gasteiger charge is 2.15. The molecule has 0 saturated carbocycles. The van der Waals surface area contributed by atoms with Gasteiger partial charge in [0.1, 0.15) is 5.60 Å². The minimum atomic E-state index is -0.507. The second kappa shape index (κ2) is 12.5. The molecule has 2 rings (SSSR count). The van der Waals surface area contributed by atoms with Crippen LogP contribution in [-0.4, -0.2) is 47.1 Å². The van der Waals surface area contributed by atoms with Crippen LogP contribution >= 0.6 is 24.0 Å². The van der Waals surface area contributed by atoms with Gasteiger partial charge in [-0.1, -0.05) is 18.2 Å². The molecular formula is C22H35IN6O2. The molecule has 0 atom stereocenters. The number of guanidine groups is 1. The number of amides is 1. The average Bonchev–Trinajstić information content (AvgIpc) is 3.00. The summed E-state index contributed by atoms with van der Waals surface area (Å²) in [4.78, 5) is 16.4. The highest BCUT2D eigenvalue weighted by molar-refractivity contribution is 14.0. The summed E-state index contributed by atoms with van der Waals surface area (Å²) in [5, 5.41) is 13.8. The van der Waals surface area contributed by atoms with E-state index in [1.165, 1.54) is 0 Å². The number of benzene rings is 1. The molecule has 1 aromatic carbocycles. The third-order valence-corrected chi connectivity index (χ3v) is 4.07. The van der Waals surface area contributed by atoms with Crippen LogP contribution in [-0.2, 0) is 11.3 Å². The van der Waals surface area contributed by atoms with Gasteiger partial charge in [-0.3, -0.25) is 0 Å². The van der Waals surface area contributed by atoms with Crippen LogP contribution in [0.3, 0.4) is 0 Å². The third-order valence-electron chi connectivity index (χ3n) is 4.07. The number of para-hydroxylation sites is 1. The van der Waals surface area contributed by atoms with Gasteiger partial charge in [0.05, 0.1) is 17.9 Å². The van der Waals surface area contributed by atoms with E-state index in [-0.39, 0.29) is 24.0 Å². The first-order valence-electron chi connectivity index (χ1n) is 10.3. The van der Waals surface area contributed by atoms with Gasteiger partial charge in [0.15, 0.2) is 5.96 Å². The first-order chi connectivity index (χ1) is 14.2. The van der Waals surface area contributed by atoms with Crippen molar-refractivity contribution < 1.29 is 9.53 Å². The summed E-state index contributed by atoms with van der Waals surface area (Å²) in [6.45, 7) is 13.8. The van der Waals surface area contributed by atoms with Gasteiger partial charge in [-0.15, -0.1) is 24.0 Å². The number of alkyl carbamates (subject to hydrolysis) is 1. The molecule has 3 N–H and O–H groups in total. The van der Waals surface area contributed by atoms with Crippen molar-refractivity contribution in [2.24, 2.45) is 4.99 Å². The number of nitrogens with zero attached hydrogens (tertiary/aromatic N) is 3. The van der Waals surface area contributed by atoms with E-state index < -0.39 is 11.7 Å². The molecule has 0 unspecified atom stereocenters. The van der Waals surface area contributed by atoms with Crippen molar-refractivity contribution in [1.82, 2.24) is 25.7 Å². The van der Waals surface area contributed by atoms with Crippen LogP contribution in [0.5, 0.6) is 0 Å². The number of carbonyl (C=O) groups is 1. The molecule has 0 aliphatic carbocycles. The molecule has 8 nitrogen and oxygen atoms in total. The summed E-state index contributed by atoms with van der Waals surface area (Å²) in [5.74, 6) is 0.687. The Bertz CT molecular complexity index is 873. The molecule has 0 fully saturated rings. The molecule has 9 heteroatoms. The van der Waals surface area contributed by atoms with Crippen molar-refractivity contribution in [2.75, 3.05) is 19.6 Å². The molecule has 1 amide bonds. The number of aliphatic imine (C=N–C) groups is 1. The molecule has 0 aliphatic heterocycles. The van der Waals surface area contributed by atoms with Crippen LogP contribution in [0.1, 0.15) is 44.6 Å². The highest BCUT2D eigenvalue weighted by atomic mass is 127. The van der Waals surface area contributed by atoms with Crippen molar-refractivity contribution in [3.05, 3.63) is 47.3 Å². The second-order valence-electron chi connectivity index (χ2n) is 8.02. The number of ether oxygens (including phenoxy) is 1. The van der Waals surface area contributed by atoms with Gasteiger partial charge in [-0.25, -0.2) is 14.5 Å². The number of halogens is 1. The second-order valence-corrected chi connectivity index (χ2v) is 8.02. The molecule has 1 heterocycles. The normalized spacial score (nSPS) is 11.5. The zero-order chi connectivity index (χ0) is 22.1. The van der Waals surface area contributed by atoms with Crippen LogP contribution < -0.4 is 16.0 Å². The Kier molecular flexibility index (Phi) is 10.8. The van der Waals surface area contributed by atoms with E-state index in [1.54, 1.807) is 0 Å². The minimum absolute atomic E-state index is 0. The van der Waals surface area contributed by atoms with E-state index in [1.807, 2.05) is 58.4 Å². The van der Waals surface area contributed by atoms with Gasteiger partial charge < -0.3 is 20.7 Å². The summed E-state index contributed by atoms with van der Waals surface area (Å²) < 4.78 is 7.18. The Labute approximate surface area is 202 Å². The zero-order valence-electron chi connectivity index (χ0n) is 19.3. The number of hydrogen-bond acceptors (Lipinski definition) is 4. The Hall–Kier alpha value is -2.30. The van der Waals surface area contributed by atoms with E-state index in [0.717, 1.165) is 29.2 Å². The lowest BCUT2D eigenvalue weighted by atomic mass is 10.2. The zero-order valence-corrected chi connectivity index (χ0v) is 21.6. The van der Waals surface area contributed by atoms with Crippen LogP contribution in [0.2, 0.25) is 0 Å². The van der Waals surface area contributed by atoms with Crippen LogP contribution in [0, 0.1) is 13.8 Å². The lowest BCUT2D eigenvalue weighted by molar-refractivity contribution is 0.0529. The molecule has 0 spiro atoms. The van der Waals surface area contributed by atoms with E-state index in [2.05, 4.69) is 39.2 Å². The Morgan fingerprint density at radius 2 is 1.81 bits per heavy atom. The van der Waals surface area contributed by atoms with Gasteiger partial charge in [0.25, 0.3) is 0 Å². The highest BCUT2D eigenvalue weighted by Crippen LogP contribution is 2.17. The number of hydrogen-bond donors (Lipinski definition) is 3. The van der Waals surface area contributed by atoms with Crippen molar-refractivity contribution in [3.8, 4) is 5.69 Å². The number of aryl methyl sites for hydroxylation is 2. The van der Waals surface area contributed by atoms with Crippen molar-refractivity contribution in [3.63, 3.8) is 0 Å². The van der Waals surface area contributed by atoms with Crippen molar-refractivity contribution >= 4 is 36.0 Å². The number of carbonyl (C=O) groups excluding carboxylic acids is 1. The molecular weight excluding hydrogens is 507 g/mol. The summed E-state index contributed by atoms with van der Waals surface area (Å²) in [7, 11) is 0. The van der Waals surface area contributed by atoms with Gasteiger partial charge >= 0.3 is 6.09 Å². The standard InChI is InChI=1S/C22H34N6O2.HI/c1-7-23-20(24-12-13-25-21(29)30-22(4,5)6)26-15-18-10-8-9-11-19(18)28-17(3)14-16(2)27-28;/h8-11,14H,7,12-13,15H2,1-6H3,(H,25,29)(H2,23,24,26);1H. The summed E-state index contributed by atoms with van der Waals surface area (Å²) in [6.07, 6.45) is -0.426. The predicted molar refractivity (Wildman–Crippen MR) is 136 cm³/mol. The fourth-order valence-electron chi connectivity index (χ4n) is 2.89. The van der Waals surface area contributed by atoms with Crippen LogP contribution in [0.4, 0.5) is 4.79 Å². The minimum Gasteiger partial charge on any atom is -0.444 e. The van der Waals surface area contributed by atoms with Gasteiger partial charge in [0, 0.05) is 25.3 Å². The monoisotopic (exact) mass is 542 g/mol. The molecule has 0 bridgehead atoms. The largest absolute Gasteiger partial charge is 0.444 e. The van der Waals surface area contributed by atoms with E-state index >= 15 is 0 Å². The molecule has 0 aliphatic rings. The average molecular weight is 542 g/mol. The Morgan fingerprint density at radius 3 is 2.42 bits per heavy atom. The van der Waals surface area contributed by atoms with E-state index in [4.69, 9.17) is 9.73 Å². The maximum absolute atomic E-state index is 11.7. The fourth-order valence-corrected chi connectivity index (χ4v) is 2.89.